The Hall–Kier alpha value is -1.18. The largest absolute Gasteiger partial charge is 0.398 e. The highest BCUT2D eigenvalue weighted by molar-refractivity contribution is 7.89. The molecular formula is C14H21FN2O3S. The fraction of sp³-hybridized carbons (Fsp3) is 0.571. The second-order valence-corrected chi connectivity index (χ2v) is 7.67. The molecule has 0 heterocycles. The van der Waals surface area contributed by atoms with Crippen molar-refractivity contribution in [3.63, 3.8) is 0 Å². The van der Waals surface area contributed by atoms with Gasteiger partial charge in [-0.1, -0.05) is 19.8 Å². The third-order valence-electron chi connectivity index (χ3n) is 3.92. The third-order valence-corrected chi connectivity index (χ3v) is 5.40. The van der Waals surface area contributed by atoms with Crippen LogP contribution in [0.25, 0.3) is 0 Å². The SMILES string of the molecule is CC1CCCC(O)(CNS(=O)(=O)c2ccc(F)cc2N)C1. The molecule has 2 unspecified atom stereocenters. The molecule has 1 saturated carbocycles. The third kappa shape index (κ3) is 3.93. The maximum atomic E-state index is 13.0. The van der Waals surface area contributed by atoms with E-state index in [2.05, 4.69) is 4.72 Å². The minimum absolute atomic E-state index is 0.0590. The zero-order chi connectivity index (χ0) is 15.7. The maximum Gasteiger partial charge on any atom is 0.242 e. The first-order chi connectivity index (χ1) is 9.72. The topological polar surface area (TPSA) is 92.4 Å². The van der Waals surface area contributed by atoms with E-state index < -0.39 is 21.4 Å². The highest BCUT2D eigenvalue weighted by Gasteiger charge is 2.34. The second-order valence-electron chi connectivity index (χ2n) is 5.93. The van der Waals surface area contributed by atoms with Gasteiger partial charge in [-0.3, -0.25) is 0 Å². The van der Waals surface area contributed by atoms with Gasteiger partial charge >= 0.3 is 0 Å². The van der Waals surface area contributed by atoms with Gasteiger partial charge in [0.1, 0.15) is 10.7 Å². The zero-order valence-corrected chi connectivity index (χ0v) is 12.8. The maximum absolute atomic E-state index is 13.0. The number of hydrogen-bond donors (Lipinski definition) is 3. The van der Waals surface area contributed by atoms with Crippen LogP contribution in [0.15, 0.2) is 23.1 Å². The van der Waals surface area contributed by atoms with Gasteiger partial charge in [-0.05, 0) is 37.0 Å². The quantitative estimate of drug-likeness (QED) is 0.736. The average molecular weight is 316 g/mol. The summed E-state index contributed by atoms with van der Waals surface area (Å²) in [6.45, 7) is 1.98. The Bertz CT molecular complexity index is 621. The minimum Gasteiger partial charge on any atom is -0.398 e. The van der Waals surface area contributed by atoms with Crippen LogP contribution in [0.3, 0.4) is 0 Å². The summed E-state index contributed by atoms with van der Waals surface area (Å²) in [6.07, 6.45) is 3.05. The number of nitrogen functional groups attached to an aromatic ring is 1. The fourth-order valence-corrected chi connectivity index (χ4v) is 4.09. The van der Waals surface area contributed by atoms with Crippen LogP contribution in [0.2, 0.25) is 0 Å². The number of benzene rings is 1. The van der Waals surface area contributed by atoms with Crippen LogP contribution in [0, 0.1) is 11.7 Å². The molecule has 0 bridgehead atoms. The van der Waals surface area contributed by atoms with Gasteiger partial charge in [-0.2, -0.15) is 0 Å². The van der Waals surface area contributed by atoms with Crippen LogP contribution in [-0.4, -0.2) is 25.7 Å². The molecule has 1 aliphatic carbocycles. The molecular weight excluding hydrogens is 295 g/mol. The molecule has 0 aliphatic heterocycles. The fourth-order valence-electron chi connectivity index (χ4n) is 2.86. The van der Waals surface area contributed by atoms with Crippen LogP contribution in [0.4, 0.5) is 10.1 Å². The molecule has 1 aliphatic rings. The van der Waals surface area contributed by atoms with Crippen LogP contribution >= 0.6 is 0 Å². The highest BCUT2D eigenvalue weighted by Crippen LogP contribution is 2.32. The summed E-state index contributed by atoms with van der Waals surface area (Å²) in [6, 6.07) is 3.13. The molecule has 0 aromatic heterocycles. The zero-order valence-electron chi connectivity index (χ0n) is 12.0. The molecule has 7 heteroatoms. The molecule has 2 atom stereocenters. The molecule has 118 valence electrons. The number of anilines is 1. The standard InChI is InChI=1S/C14H21FN2O3S/c1-10-3-2-6-14(18,8-10)9-17-21(19,20)13-5-4-11(15)7-12(13)16/h4-5,7,10,17-18H,2-3,6,8-9,16H2,1H3. The summed E-state index contributed by atoms with van der Waals surface area (Å²) < 4.78 is 39.8. The van der Waals surface area contributed by atoms with Crippen molar-refractivity contribution in [2.24, 2.45) is 5.92 Å². The van der Waals surface area contributed by atoms with E-state index in [1.165, 1.54) is 0 Å². The highest BCUT2D eigenvalue weighted by atomic mass is 32.2. The molecule has 1 fully saturated rings. The minimum atomic E-state index is -3.86. The number of nitrogens with one attached hydrogen (secondary N) is 1. The molecule has 2 rings (SSSR count). The molecule has 21 heavy (non-hydrogen) atoms. The van der Waals surface area contributed by atoms with Crippen molar-refractivity contribution in [3.8, 4) is 0 Å². The van der Waals surface area contributed by atoms with Crippen molar-refractivity contribution >= 4 is 15.7 Å². The van der Waals surface area contributed by atoms with Crippen LogP contribution in [0.1, 0.15) is 32.6 Å². The van der Waals surface area contributed by atoms with Gasteiger partial charge in [-0.15, -0.1) is 0 Å². The second kappa shape index (κ2) is 5.90. The number of aliphatic hydroxyl groups is 1. The Kier molecular flexibility index (Phi) is 4.55. The van der Waals surface area contributed by atoms with Gasteiger partial charge in [0.15, 0.2) is 0 Å². The van der Waals surface area contributed by atoms with Gasteiger partial charge in [0, 0.05) is 6.54 Å². The molecule has 5 nitrogen and oxygen atoms in total. The normalized spacial score (nSPS) is 26.7. The summed E-state index contributed by atoms with van der Waals surface area (Å²) >= 11 is 0. The predicted molar refractivity (Wildman–Crippen MR) is 78.6 cm³/mol. The van der Waals surface area contributed by atoms with E-state index in [4.69, 9.17) is 5.73 Å². The van der Waals surface area contributed by atoms with E-state index in [-0.39, 0.29) is 17.1 Å². The number of sulfonamides is 1. The van der Waals surface area contributed by atoms with Crippen molar-refractivity contribution in [1.29, 1.82) is 0 Å². The average Bonchev–Trinajstić information content (AvgIpc) is 2.36. The van der Waals surface area contributed by atoms with Gasteiger partial charge in [-0.25, -0.2) is 17.5 Å². The van der Waals surface area contributed by atoms with E-state index >= 15 is 0 Å². The summed E-state index contributed by atoms with van der Waals surface area (Å²) in [5.74, 6) is -0.227. The van der Waals surface area contributed by atoms with E-state index in [1.807, 2.05) is 6.92 Å². The summed E-state index contributed by atoms with van der Waals surface area (Å²) in [5.41, 5.74) is 4.37. The summed E-state index contributed by atoms with van der Waals surface area (Å²) in [7, 11) is -3.86. The summed E-state index contributed by atoms with van der Waals surface area (Å²) in [4.78, 5) is -0.170. The number of hydrogen-bond acceptors (Lipinski definition) is 4. The molecule has 0 spiro atoms. The van der Waals surface area contributed by atoms with Crippen molar-refractivity contribution in [2.75, 3.05) is 12.3 Å². The lowest BCUT2D eigenvalue weighted by atomic mass is 9.79. The first-order valence-corrected chi connectivity index (χ1v) is 8.47. The van der Waals surface area contributed by atoms with Gasteiger partial charge < -0.3 is 10.8 Å². The van der Waals surface area contributed by atoms with E-state index in [9.17, 15) is 17.9 Å². The van der Waals surface area contributed by atoms with E-state index in [0.29, 0.717) is 18.8 Å². The van der Waals surface area contributed by atoms with Crippen molar-refractivity contribution in [2.45, 2.75) is 43.1 Å². The molecule has 4 N–H and O–H groups in total. The van der Waals surface area contributed by atoms with Gasteiger partial charge in [0.05, 0.1) is 11.3 Å². The molecule has 0 saturated heterocycles. The Morgan fingerprint density at radius 3 is 2.86 bits per heavy atom. The van der Waals surface area contributed by atoms with Crippen LogP contribution < -0.4 is 10.5 Å². The smallest absolute Gasteiger partial charge is 0.242 e. The van der Waals surface area contributed by atoms with Gasteiger partial charge in [0.25, 0.3) is 0 Å². The Morgan fingerprint density at radius 1 is 1.52 bits per heavy atom. The number of rotatable bonds is 4. The predicted octanol–water partition coefficient (Wildman–Crippen LogP) is 1.63. The first-order valence-electron chi connectivity index (χ1n) is 6.99. The Labute approximate surface area is 124 Å². The number of nitrogens with two attached hydrogens (primary N) is 1. The lowest BCUT2D eigenvalue weighted by Gasteiger charge is -2.35. The van der Waals surface area contributed by atoms with Crippen LogP contribution in [-0.2, 0) is 10.0 Å². The number of halogens is 1. The molecule has 1 aromatic carbocycles. The lowest BCUT2D eigenvalue weighted by molar-refractivity contribution is -0.00751. The molecule has 0 radical (unpaired) electrons. The van der Waals surface area contributed by atoms with Crippen molar-refractivity contribution < 1.29 is 17.9 Å². The van der Waals surface area contributed by atoms with Crippen molar-refractivity contribution in [1.82, 2.24) is 4.72 Å². The Balaban J connectivity index is 2.11. The van der Waals surface area contributed by atoms with Crippen LogP contribution in [0.5, 0.6) is 0 Å². The Morgan fingerprint density at radius 2 is 2.24 bits per heavy atom. The van der Waals surface area contributed by atoms with E-state index in [1.54, 1.807) is 0 Å². The van der Waals surface area contributed by atoms with Gasteiger partial charge in [0.2, 0.25) is 10.0 Å². The van der Waals surface area contributed by atoms with Crippen molar-refractivity contribution in [3.05, 3.63) is 24.0 Å². The first kappa shape index (κ1) is 16.2. The lowest BCUT2D eigenvalue weighted by Crippen LogP contribution is -2.45. The summed E-state index contributed by atoms with van der Waals surface area (Å²) in [5, 5.41) is 10.4. The van der Waals surface area contributed by atoms with E-state index in [0.717, 1.165) is 31.0 Å². The molecule has 1 aromatic rings. The monoisotopic (exact) mass is 316 g/mol. The molecule has 0 amide bonds.